The van der Waals surface area contributed by atoms with Crippen molar-refractivity contribution < 1.29 is 14.7 Å². The summed E-state index contributed by atoms with van der Waals surface area (Å²) in [5, 5.41) is 14.1. The fourth-order valence-electron chi connectivity index (χ4n) is 2.27. The van der Waals surface area contributed by atoms with Gasteiger partial charge in [0.05, 0.1) is 0 Å². The predicted molar refractivity (Wildman–Crippen MR) is 114 cm³/mol. The summed E-state index contributed by atoms with van der Waals surface area (Å²) in [6, 6.07) is 8.08. The highest BCUT2D eigenvalue weighted by atomic mass is 16.4. The monoisotopic (exact) mass is 380 g/mol. The molecule has 3 N–H and O–H groups in total. The van der Waals surface area contributed by atoms with E-state index in [9.17, 15) is 9.59 Å². The molecule has 0 heterocycles. The molecule has 0 bridgehead atoms. The maximum atomic E-state index is 10.6. The first-order chi connectivity index (χ1) is 13.0. The number of amides is 1. The molecule has 0 spiro atoms. The Morgan fingerprint density at radius 2 is 1.74 bits per heavy atom. The number of benzene rings is 1. The third-order valence-electron chi connectivity index (χ3n) is 3.85. The van der Waals surface area contributed by atoms with Crippen LogP contribution in [0.3, 0.4) is 0 Å². The summed E-state index contributed by atoms with van der Waals surface area (Å²) in [6.07, 6.45) is 6.47. The second-order valence-electron chi connectivity index (χ2n) is 6.11. The molecule has 156 valence electrons. The van der Waals surface area contributed by atoms with Gasteiger partial charge in [0.1, 0.15) is 6.04 Å². The van der Waals surface area contributed by atoms with Crippen LogP contribution >= 0.6 is 0 Å². The third kappa shape index (κ3) is 17.3. The van der Waals surface area contributed by atoms with Crippen LogP contribution in [0.4, 0.5) is 0 Å². The van der Waals surface area contributed by atoms with Gasteiger partial charge in [-0.1, -0.05) is 63.9 Å². The molecule has 1 rings (SSSR count). The van der Waals surface area contributed by atoms with E-state index in [1.807, 2.05) is 20.8 Å². The van der Waals surface area contributed by atoms with Crippen molar-refractivity contribution in [3.8, 4) is 0 Å². The van der Waals surface area contributed by atoms with E-state index < -0.39 is 12.0 Å². The second-order valence-corrected chi connectivity index (χ2v) is 6.11. The highest BCUT2D eigenvalue weighted by molar-refractivity contribution is 5.76. The summed E-state index contributed by atoms with van der Waals surface area (Å²) < 4.78 is 0. The zero-order chi connectivity index (χ0) is 20.9. The van der Waals surface area contributed by atoms with Gasteiger partial charge in [-0.15, -0.1) is 0 Å². The maximum Gasteiger partial charge on any atom is 0.326 e. The number of aryl methyl sites for hydroxylation is 2. The van der Waals surface area contributed by atoms with Crippen LogP contribution < -0.4 is 10.6 Å². The van der Waals surface area contributed by atoms with Crippen molar-refractivity contribution in [2.75, 3.05) is 13.1 Å². The summed E-state index contributed by atoms with van der Waals surface area (Å²) in [5.41, 5.74) is 2.82. The predicted octanol–water partition coefficient (Wildman–Crippen LogP) is 4.33. The lowest BCUT2D eigenvalue weighted by Gasteiger charge is -2.10. The van der Waals surface area contributed by atoms with Gasteiger partial charge >= 0.3 is 5.97 Å². The molecule has 1 aromatic carbocycles. The number of rotatable bonds is 12. The zero-order valence-electron chi connectivity index (χ0n) is 17.9. The summed E-state index contributed by atoms with van der Waals surface area (Å²) in [5.74, 6) is -0.972. The van der Waals surface area contributed by atoms with Crippen molar-refractivity contribution in [2.24, 2.45) is 0 Å². The summed E-state index contributed by atoms with van der Waals surface area (Å²) >= 11 is 0. The van der Waals surface area contributed by atoms with E-state index in [1.54, 1.807) is 0 Å². The highest BCUT2D eigenvalue weighted by Crippen LogP contribution is 2.06. The standard InChI is InChI=1S/C11H16.C9H18N2O3.C2H6/c1-3-4-5-11-8-6-10(2)7-9-11;1-2-10-6-4-3-5-8(9(13)14)11-7-12;1-2/h6-9H,3-5H2,1-2H3;7-8,10H,2-6H2,1H3,(H,11,12)(H,13,14);1-2H3. The van der Waals surface area contributed by atoms with Crippen LogP contribution in [-0.2, 0) is 16.0 Å². The number of hydrogen-bond acceptors (Lipinski definition) is 3. The minimum absolute atomic E-state index is 0.434. The van der Waals surface area contributed by atoms with E-state index in [4.69, 9.17) is 5.11 Å². The van der Waals surface area contributed by atoms with Gasteiger partial charge in [0.15, 0.2) is 0 Å². The lowest BCUT2D eigenvalue weighted by molar-refractivity contribution is -0.140. The molecule has 27 heavy (non-hydrogen) atoms. The SMILES string of the molecule is CC.CCCCc1ccc(C)cc1.CCNCCCCC(NC=O)C(=O)O. The van der Waals surface area contributed by atoms with Gasteiger partial charge in [-0.25, -0.2) is 4.79 Å². The molecule has 0 aliphatic rings. The Bertz CT molecular complexity index is 461. The second kappa shape index (κ2) is 20.4. The van der Waals surface area contributed by atoms with Crippen molar-refractivity contribution in [3.05, 3.63) is 35.4 Å². The number of carbonyl (C=O) groups is 2. The van der Waals surface area contributed by atoms with Gasteiger partial charge in [-0.3, -0.25) is 4.79 Å². The molecule has 5 heteroatoms. The molecule has 0 aliphatic heterocycles. The summed E-state index contributed by atoms with van der Waals surface area (Å²) in [6.45, 7) is 12.2. The Labute approximate surface area is 165 Å². The van der Waals surface area contributed by atoms with Gasteiger partial charge < -0.3 is 15.7 Å². The normalized spacial score (nSPS) is 10.6. The van der Waals surface area contributed by atoms with Crippen LogP contribution in [0.5, 0.6) is 0 Å². The molecule has 0 aromatic heterocycles. The molecule has 5 nitrogen and oxygen atoms in total. The largest absolute Gasteiger partial charge is 0.480 e. The molecule has 1 atom stereocenters. The van der Waals surface area contributed by atoms with E-state index in [0.29, 0.717) is 12.8 Å². The fourth-order valence-corrected chi connectivity index (χ4v) is 2.27. The Kier molecular flexibility index (Phi) is 20.7. The minimum Gasteiger partial charge on any atom is -0.480 e. The molecule has 0 saturated heterocycles. The Hall–Kier alpha value is -1.88. The maximum absolute atomic E-state index is 10.6. The first-order valence-corrected chi connectivity index (χ1v) is 10.2. The number of nitrogens with one attached hydrogen (secondary N) is 2. The highest BCUT2D eigenvalue weighted by Gasteiger charge is 2.14. The average molecular weight is 381 g/mol. The van der Waals surface area contributed by atoms with Gasteiger partial charge in [0.25, 0.3) is 0 Å². The van der Waals surface area contributed by atoms with Gasteiger partial charge in [-0.05, 0) is 57.7 Å². The Balaban J connectivity index is 0. The number of aliphatic carboxylic acids is 1. The van der Waals surface area contributed by atoms with Crippen molar-refractivity contribution in [2.45, 2.75) is 79.2 Å². The molecule has 0 fully saturated rings. The number of carboxylic acids is 1. The van der Waals surface area contributed by atoms with Crippen LogP contribution in [-0.4, -0.2) is 36.6 Å². The van der Waals surface area contributed by atoms with Crippen LogP contribution in [0.25, 0.3) is 0 Å². The molecule has 1 unspecified atom stereocenters. The Morgan fingerprint density at radius 1 is 1.11 bits per heavy atom. The van der Waals surface area contributed by atoms with E-state index in [2.05, 4.69) is 48.7 Å². The minimum atomic E-state index is -0.972. The van der Waals surface area contributed by atoms with Crippen LogP contribution in [0.2, 0.25) is 0 Å². The van der Waals surface area contributed by atoms with Crippen LogP contribution in [0.15, 0.2) is 24.3 Å². The molecule has 0 saturated carbocycles. The van der Waals surface area contributed by atoms with Crippen molar-refractivity contribution in [3.63, 3.8) is 0 Å². The lowest BCUT2D eigenvalue weighted by Crippen LogP contribution is -2.35. The van der Waals surface area contributed by atoms with Crippen LogP contribution in [0, 0.1) is 6.92 Å². The number of carboxylic acid groups (broad SMARTS) is 1. The van der Waals surface area contributed by atoms with E-state index in [0.717, 1.165) is 25.9 Å². The van der Waals surface area contributed by atoms with Crippen molar-refractivity contribution in [1.82, 2.24) is 10.6 Å². The van der Waals surface area contributed by atoms with Gasteiger partial charge in [0.2, 0.25) is 6.41 Å². The molecule has 0 aliphatic carbocycles. The number of hydrogen-bond donors (Lipinski definition) is 3. The number of unbranched alkanes of at least 4 members (excludes halogenated alkanes) is 2. The van der Waals surface area contributed by atoms with Gasteiger partial charge in [0, 0.05) is 0 Å². The van der Waals surface area contributed by atoms with Gasteiger partial charge in [-0.2, -0.15) is 0 Å². The third-order valence-corrected chi connectivity index (χ3v) is 3.85. The molecule has 1 amide bonds. The topological polar surface area (TPSA) is 78.4 Å². The first kappa shape index (κ1) is 27.3. The molecule has 0 radical (unpaired) electrons. The van der Waals surface area contributed by atoms with Crippen molar-refractivity contribution in [1.29, 1.82) is 0 Å². The molecular formula is C22H40N2O3. The smallest absolute Gasteiger partial charge is 0.326 e. The van der Waals surface area contributed by atoms with E-state index in [1.165, 1.54) is 30.4 Å². The summed E-state index contributed by atoms with van der Waals surface area (Å²) in [7, 11) is 0. The number of carbonyl (C=O) groups excluding carboxylic acids is 1. The van der Waals surface area contributed by atoms with Crippen molar-refractivity contribution >= 4 is 12.4 Å². The summed E-state index contributed by atoms with van der Waals surface area (Å²) in [4.78, 5) is 20.6. The lowest BCUT2D eigenvalue weighted by atomic mass is 10.1. The first-order valence-electron chi connectivity index (χ1n) is 10.2. The molecular weight excluding hydrogens is 340 g/mol. The zero-order valence-corrected chi connectivity index (χ0v) is 17.9. The van der Waals surface area contributed by atoms with E-state index >= 15 is 0 Å². The van der Waals surface area contributed by atoms with E-state index in [-0.39, 0.29) is 0 Å². The van der Waals surface area contributed by atoms with Crippen LogP contribution in [0.1, 0.15) is 70.9 Å². The molecule has 1 aromatic rings. The fraction of sp³-hybridized carbons (Fsp3) is 0.636. The average Bonchev–Trinajstić information content (AvgIpc) is 2.68. The quantitative estimate of drug-likeness (QED) is 0.372. The Morgan fingerprint density at radius 3 is 2.22 bits per heavy atom.